The zero-order valence-corrected chi connectivity index (χ0v) is 10.5. The highest BCUT2D eigenvalue weighted by atomic mass is 79.9. The van der Waals surface area contributed by atoms with Crippen LogP contribution in [0.25, 0.3) is 0 Å². The van der Waals surface area contributed by atoms with Gasteiger partial charge in [0.15, 0.2) is 0 Å². The maximum atomic E-state index is 11.8. The van der Waals surface area contributed by atoms with Gasteiger partial charge in [0.25, 0.3) is 5.91 Å². The molecule has 1 rings (SSSR count). The SMILES string of the molecule is Cc1ccc(Br)c(C(=O)NC(CO)CO)c1. The summed E-state index contributed by atoms with van der Waals surface area (Å²) in [7, 11) is 0. The van der Waals surface area contributed by atoms with Crippen LogP contribution in [0, 0.1) is 6.92 Å². The Balaban J connectivity index is 2.83. The molecule has 0 spiro atoms. The van der Waals surface area contributed by atoms with Crippen molar-refractivity contribution in [2.75, 3.05) is 13.2 Å². The summed E-state index contributed by atoms with van der Waals surface area (Å²) in [6.07, 6.45) is 0. The molecule has 0 aromatic heterocycles. The second kappa shape index (κ2) is 5.98. The van der Waals surface area contributed by atoms with E-state index in [9.17, 15) is 4.79 Å². The number of halogens is 1. The first-order valence-corrected chi connectivity index (χ1v) is 5.66. The average Bonchev–Trinajstić information content (AvgIpc) is 2.28. The van der Waals surface area contributed by atoms with Crippen molar-refractivity contribution < 1.29 is 15.0 Å². The van der Waals surface area contributed by atoms with E-state index in [0.717, 1.165) is 5.56 Å². The molecule has 5 heteroatoms. The lowest BCUT2D eigenvalue weighted by atomic mass is 10.1. The highest BCUT2D eigenvalue weighted by molar-refractivity contribution is 9.10. The Kier molecular flexibility index (Phi) is 4.92. The summed E-state index contributed by atoms with van der Waals surface area (Å²) in [5, 5.41) is 20.3. The van der Waals surface area contributed by atoms with Crippen molar-refractivity contribution in [3.63, 3.8) is 0 Å². The quantitative estimate of drug-likeness (QED) is 0.769. The Bertz CT molecular complexity index is 377. The molecule has 0 atom stereocenters. The summed E-state index contributed by atoms with van der Waals surface area (Å²) in [6.45, 7) is 1.32. The molecule has 0 saturated carbocycles. The van der Waals surface area contributed by atoms with Crippen molar-refractivity contribution in [3.8, 4) is 0 Å². The van der Waals surface area contributed by atoms with Gasteiger partial charge in [0, 0.05) is 4.47 Å². The van der Waals surface area contributed by atoms with Crippen molar-refractivity contribution >= 4 is 21.8 Å². The summed E-state index contributed by atoms with van der Waals surface area (Å²) >= 11 is 3.28. The largest absolute Gasteiger partial charge is 0.394 e. The summed E-state index contributed by atoms with van der Waals surface area (Å²) in [5.41, 5.74) is 1.46. The molecule has 4 nitrogen and oxygen atoms in total. The Morgan fingerprint density at radius 1 is 1.44 bits per heavy atom. The van der Waals surface area contributed by atoms with Crippen LogP contribution in [0.5, 0.6) is 0 Å². The number of aliphatic hydroxyl groups is 2. The van der Waals surface area contributed by atoms with Gasteiger partial charge in [0.2, 0.25) is 0 Å². The molecule has 1 aromatic carbocycles. The topological polar surface area (TPSA) is 69.6 Å². The third-order valence-electron chi connectivity index (χ3n) is 2.14. The Morgan fingerprint density at radius 2 is 2.06 bits per heavy atom. The number of benzene rings is 1. The fourth-order valence-corrected chi connectivity index (χ4v) is 1.65. The van der Waals surface area contributed by atoms with Crippen LogP contribution in [-0.4, -0.2) is 35.4 Å². The van der Waals surface area contributed by atoms with Crippen LogP contribution in [0.15, 0.2) is 22.7 Å². The Labute approximate surface area is 102 Å². The van der Waals surface area contributed by atoms with Gasteiger partial charge in [-0.15, -0.1) is 0 Å². The molecule has 1 aromatic rings. The van der Waals surface area contributed by atoms with E-state index in [2.05, 4.69) is 21.2 Å². The molecular weight excluding hydrogens is 274 g/mol. The smallest absolute Gasteiger partial charge is 0.252 e. The third kappa shape index (κ3) is 3.30. The van der Waals surface area contributed by atoms with Crippen molar-refractivity contribution in [2.24, 2.45) is 0 Å². The van der Waals surface area contributed by atoms with E-state index >= 15 is 0 Å². The summed E-state index contributed by atoms with van der Waals surface area (Å²) in [4.78, 5) is 11.8. The van der Waals surface area contributed by atoms with E-state index in [4.69, 9.17) is 10.2 Å². The van der Waals surface area contributed by atoms with E-state index in [0.29, 0.717) is 10.0 Å². The summed E-state index contributed by atoms with van der Waals surface area (Å²) < 4.78 is 0.685. The number of rotatable bonds is 4. The van der Waals surface area contributed by atoms with Gasteiger partial charge in [-0.05, 0) is 35.0 Å². The monoisotopic (exact) mass is 287 g/mol. The number of aliphatic hydroxyl groups excluding tert-OH is 2. The summed E-state index contributed by atoms with van der Waals surface area (Å²) in [5.74, 6) is -0.316. The molecule has 0 unspecified atom stereocenters. The molecule has 3 N–H and O–H groups in total. The van der Waals surface area contributed by atoms with Gasteiger partial charge in [-0.1, -0.05) is 11.6 Å². The lowest BCUT2D eigenvalue weighted by Gasteiger charge is -2.14. The molecule has 0 saturated heterocycles. The van der Waals surface area contributed by atoms with Crippen molar-refractivity contribution in [3.05, 3.63) is 33.8 Å². The van der Waals surface area contributed by atoms with Crippen molar-refractivity contribution in [1.29, 1.82) is 0 Å². The van der Waals surface area contributed by atoms with Gasteiger partial charge in [0.1, 0.15) is 0 Å². The molecule has 0 bridgehead atoms. The van der Waals surface area contributed by atoms with Gasteiger partial charge >= 0.3 is 0 Å². The molecule has 0 heterocycles. The Hall–Kier alpha value is -0.910. The van der Waals surface area contributed by atoms with E-state index in [1.165, 1.54) is 0 Å². The van der Waals surface area contributed by atoms with Crippen molar-refractivity contribution in [1.82, 2.24) is 5.32 Å². The molecule has 0 fully saturated rings. The average molecular weight is 288 g/mol. The number of nitrogens with one attached hydrogen (secondary N) is 1. The lowest BCUT2D eigenvalue weighted by Crippen LogP contribution is -2.40. The minimum absolute atomic E-state index is 0.286. The second-order valence-electron chi connectivity index (χ2n) is 3.52. The minimum atomic E-state index is -0.625. The van der Waals surface area contributed by atoms with E-state index in [-0.39, 0.29) is 19.1 Å². The van der Waals surface area contributed by atoms with E-state index in [1.54, 1.807) is 12.1 Å². The lowest BCUT2D eigenvalue weighted by molar-refractivity contribution is 0.0878. The number of hydrogen-bond acceptors (Lipinski definition) is 3. The maximum absolute atomic E-state index is 11.8. The zero-order chi connectivity index (χ0) is 12.1. The first-order valence-electron chi connectivity index (χ1n) is 4.87. The predicted molar refractivity (Wildman–Crippen MR) is 64.3 cm³/mol. The van der Waals surface area contributed by atoms with Crippen LogP contribution in [0.1, 0.15) is 15.9 Å². The zero-order valence-electron chi connectivity index (χ0n) is 8.90. The standard InChI is InChI=1S/C11H14BrNO3/c1-7-2-3-10(12)9(4-7)11(16)13-8(5-14)6-15/h2-4,8,14-15H,5-6H2,1H3,(H,13,16). The number of carbonyl (C=O) groups is 1. The third-order valence-corrected chi connectivity index (χ3v) is 2.83. The van der Waals surface area contributed by atoms with Crippen LogP contribution < -0.4 is 5.32 Å². The number of amides is 1. The van der Waals surface area contributed by atoms with Gasteiger partial charge < -0.3 is 15.5 Å². The highest BCUT2D eigenvalue weighted by Gasteiger charge is 2.14. The van der Waals surface area contributed by atoms with Gasteiger partial charge in [-0.2, -0.15) is 0 Å². The second-order valence-corrected chi connectivity index (χ2v) is 4.37. The molecule has 16 heavy (non-hydrogen) atoms. The molecule has 0 aliphatic rings. The van der Waals surface area contributed by atoms with Gasteiger partial charge in [0.05, 0.1) is 24.8 Å². The molecule has 0 aliphatic heterocycles. The number of carbonyl (C=O) groups excluding carboxylic acids is 1. The molecule has 0 aliphatic carbocycles. The maximum Gasteiger partial charge on any atom is 0.252 e. The fourth-order valence-electron chi connectivity index (χ4n) is 1.23. The highest BCUT2D eigenvalue weighted by Crippen LogP contribution is 2.18. The molecular formula is C11H14BrNO3. The minimum Gasteiger partial charge on any atom is -0.394 e. The normalized spacial score (nSPS) is 10.6. The van der Waals surface area contributed by atoms with E-state index < -0.39 is 6.04 Å². The number of aryl methyl sites for hydroxylation is 1. The fraction of sp³-hybridized carbons (Fsp3) is 0.364. The Morgan fingerprint density at radius 3 is 2.62 bits per heavy atom. The summed E-state index contributed by atoms with van der Waals surface area (Å²) in [6, 6.07) is 4.79. The molecule has 88 valence electrons. The number of hydrogen-bond donors (Lipinski definition) is 3. The van der Waals surface area contributed by atoms with Crippen molar-refractivity contribution in [2.45, 2.75) is 13.0 Å². The van der Waals surface area contributed by atoms with Crippen LogP contribution >= 0.6 is 15.9 Å². The molecule has 1 amide bonds. The van der Waals surface area contributed by atoms with Crippen LogP contribution in [0.2, 0.25) is 0 Å². The van der Waals surface area contributed by atoms with Crippen LogP contribution in [-0.2, 0) is 0 Å². The molecule has 0 radical (unpaired) electrons. The van der Waals surface area contributed by atoms with E-state index in [1.807, 2.05) is 13.0 Å². The van der Waals surface area contributed by atoms with Gasteiger partial charge in [-0.25, -0.2) is 0 Å². The van der Waals surface area contributed by atoms with Crippen LogP contribution in [0.4, 0.5) is 0 Å². The first-order chi connectivity index (χ1) is 7.58. The van der Waals surface area contributed by atoms with Crippen LogP contribution in [0.3, 0.4) is 0 Å². The van der Waals surface area contributed by atoms with Gasteiger partial charge in [-0.3, -0.25) is 4.79 Å². The first kappa shape index (κ1) is 13.2. The predicted octanol–water partition coefficient (Wildman–Crippen LogP) is 0.841.